The first kappa shape index (κ1) is 15.3. The zero-order valence-electron chi connectivity index (χ0n) is 13.5. The van der Waals surface area contributed by atoms with Crippen LogP contribution in [0.1, 0.15) is 64.7 Å². The second-order valence-corrected chi connectivity index (χ2v) is 7.92. The monoisotopic (exact) mass is 293 g/mol. The SMILES string of the molecule is CCCC1CCC(CN2C[C@@H]3CCC[C@@]3(C(=O)O)C2)CC1. The molecule has 0 amide bonds. The van der Waals surface area contributed by atoms with Crippen LogP contribution in [-0.4, -0.2) is 35.6 Å². The highest BCUT2D eigenvalue weighted by Crippen LogP contribution is 2.49. The number of hydrogen-bond donors (Lipinski definition) is 1. The number of nitrogens with zero attached hydrogens (tertiary/aromatic N) is 1. The van der Waals surface area contributed by atoms with E-state index in [9.17, 15) is 9.90 Å². The molecule has 1 saturated heterocycles. The second kappa shape index (κ2) is 6.28. The summed E-state index contributed by atoms with van der Waals surface area (Å²) in [5, 5.41) is 9.66. The third-order valence-electron chi connectivity index (χ3n) is 6.55. The molecule has 0 spiro atoms. The number of fused-ring (bicyclic) bond motifs is 1. The van der Waals surface area contributed by atoms with Gasteiger partial charge in [-0.1, -0.05) is 39.0 Å². The van der Waals surface area contributed by atoms with Crippen LogP contribution in [-0.2, 0) is 4.79 Å². The van der Waals surface area contributed by atoms with E-state index < -0.39 is 5.97 Å². The maximum atomic E-state index is 11.7. The summed E-state index contributed by atoms with van der Waals surface area (Å²) in [7, 11) is 0. The molecule has 0 aromatic carbocycles. The molecule has 3 heteroatoms. The minimum absolute atomic E-state index is 0.389. The number of carbonyl (C=O) groups is 1. The first-order valence-corrected chi connectivity index (χ1v) is 9.10. The summed E-state index contributed by atoms with van der Waals surface area (Å²) in [6.07, 6.45) is 11.4. The molecule has 3 rings (SSSR count). The summed E-state index contributed by atoms with van der Waals surface area (Å²) >= 11 is 0. The Labute approximate surface area is 129 Å². The van der Waals surface area contributed by atoms with E-state index in [4.69, 9.17) is 0 Å². The second-order valence-electron chi connectivity index (χ2n) is 7.92. The molecule has 0 aromatic rings. The van der Waals surface area contributed by atoms with Crippen LogP contribution in [0.3, 0.4) is 0 Å². The third-order valence-corrected chi connectivity index (χ3v) is 6.55. The van der Waals surface area contributed by atoms with Crippen molar-refractivity contribution in [1.82, 2.24) is 4.90 Å². The van der Waals surface area contributed by atoms with Crippen molar-refractivity contribution in [2.24, 2.45) is 23.2 Å². The highest BCUT2D eigenvalue weighted by Gasteiger charge is 2.54. The predicted molar refractivity (Wildman–Crippen MR) is 84.2 cm³/mol. The van der Waals surface area contributed by atoms with Crippen LogP contribution in [0.25, 0.3) is 0 Å². The molecule has 3 fully saturated rings. The Bertz CT molecular complexity index is 375. The molecule has 21 heavy (non-hydrogen) atoms. The quantitative estimate of drug-likeness (QED) is 0.838. The van der Waals surface area contributed by atoms with Crippen LogP contribution < -0.4 is 0 Å². The van der Waals surface area contributed by atoms with E-state index in [1.807, 2.05) is 0 Å². The Morgan fingerprint density at radius 3 is 2.52 bits per heavy atom. The van der Waals surface area contributed by atoms with Crippen molar-refractivity contribution in [2.75, 3.05) is 19.6 Å². The zero-order valence-corrected chi connectivity index (χ0v) is 13.5. The third kappa shape index (κ3) is 2.99. The zero-order chi connectivity index (χ0) is 14.9. The van der Waals surface area contributed by atoms with Crippen LogP contribution >= 0.6 is 0 Å². The highest BCUT2D eigenvalue weighted by atomic mass is 16.4. The van der Waals surface area contributed by atoms with Crippen LogP contribution in [0.4, 0.5) is 0 Å². The lowest BCUT2D eigenvalue weighted by molar-refractivity contribution is -0.149. The van der Waals surface area contributed by atoms with Gasteiger partial charge in [0.2, 0.25) is 0 Å². The van der Waals surface area contributed by atoms with Crippen molar-refractivity contribution in [3.05, 3.63) is 0 Å². The first-order valence-electron chi connectivity index (χ1n) is 9.10. The van der Waals surface area contributed by atoms with E-state index in [0.29, 0.717) is 5.92 Å². The lowest BCUT2D eigenvalue weighted by atomic mass is 9.80. The summed E-state index contributed by atoms with van der Waals surface area (Å²) in [4.78, 5) is 14.2. The van der Waals surface area contributed by atoms with Gasteiger partial charge in [0, 0.05) is 19.6 Å². The molecule has 3 nitrogen and oxygen atoms in total. The molecule has 1 heterocycles. The van der Waals surface area contributed by atoms with Gasteiger partial charge in [0.25, 0.3) is 0 Å². The molecule has 1 N–H and O–H groups in total. The lowest BCUT2D eigenvalue weighted by Gasteiger charge is -2.31. The van der Waals surface area contributed by atoms with Crippen LogP contribution in [0.15, 0.2) is 0 Å². The fraction of sp³-hybridized carbons (Fsp3) is 0.944. The molecule has 2 atom stereocenters. The maximum absolute atomic E-state index is 11.7. The van der Waals surface area contributed by atoms with Gasteiger partial charge >= 0.3 is 5.97 Å². The van der Waals surface area contributed by atoms with E-state index in [1.165, 1.54) is 38.5 Å². The number of carboxylic acid groups (broad SMARTS) is 1. The van der Waals surface area contributed by atoms with Crippen LogP contribution in [0, 0.1) is 23.2 Å². The fourth-order valence-corrected chi connectivity index (χ4v) is 5.36. The van der Waals surface area contributed by atoms with Gasteiger partial charge in [-0.15, -0.1) is 0 Å². The van der Waals surface area contributed by atoms with Gasteiger partial charge in [-0.25, -0.2) is 0 Å². The average Bonchev–Trinajstić information content (AvgIpc) is 2.99. The largest absolute Gasteiger partial charge is 0.481 e. The number of likely N-dealkylation sites (tertiary alicyclic amines) is 1. The van der Waals surface area contributed by atoms with Crippen molar-refractivity contribution in [3.63, 3.8) is 0 Å². The van der Waals surface area contributed by atoms with E-state index in [0.717, 1.165) is 50.7 Å². The van der Waals surface area contributed by atoms with E-state index in [2.05, 4.69) is 11.8 Å². The van der Waals surface area contributed by atoms with Gasteiger partial charge in [0.05, 0.1) is 5.41 Å². The van der Waals surface area contributed by atoms with Crippen molar-refractivity contribution in [2.45, 2.75) is 64.7 Å². The average molecular weight is 293 g/mol. The molecule has 2 saturated carbocycles. The molecule has 3 aliphatic rings. The maximum Gasteiger partial charge on any atom is 0.311 e. The normalized spacial score (nSPS) is 40.3. The van der Waals surface area contributed by atoms with Crippen molar-refractivity contribution >= 4 is 5.97 Å². The number of aliphatic carboxylic acids is 1. The summed E-state index contributed by atoms with van der Waals surface area (Å²) in [6, 6.07) is 0. The number of rotatable bonds is 5. The predicted octanol–water partition coefficient (Wildman–Crippen LogP) is 3.78. The molecule has 0 bridgehead atoms. The van der Waals surface area contributed by atoms with Gasteiger partial charge in [-0.05, 0) is 43.4 Å². The topological polar surface area (TPSA) is 40.5 Å². The van der Waals surface area contributed by atoms with Gasteiger partial charge in [-0.2, -0.15) is 0 Å². The summed E-state index contributed by atoms with van der Waals surface area (Å²) in [5.74, 6) is 1.68. The van der Waals surface area contributed by atoms with Gasteiger partial charge < -0.3 is 10.0 Å². The number of carboxylic acids is 1. The first-order chi connectivity index (χ1) is 10.1. The fourth-order valence-electron chi connectivity index (χ4n) is 5.36. The Kier molecular flexibility index (Phi) is 4.58. The van der Waals surface area contributed by atoms with Gasteiger partial charge in [0.1, 0.15) is 0 Å². The minimum atomic E-state index is -0.529. The van der Waals surface area contributed by atoms with Crippen molar-refractivity contribution < 1.29 is 9.90 Å². The standard InChI is InChI=1S/C18H31NO2/c1-2-4-14-6-8-15(9-7-14)11-19-12-16-5-3-10-18(16,13-19)17(20)21/h14-16H,2-13H2,1H3,(H,20,21)/t14?,15?,16-,18+/m0/s1. The van der Waals surface area contributed by atoms with Gasteiger partial charge in [-0.3, -0.25) is 4.79 Å². The van der Waals surface area contributed by atoms with E-state index in [1.54, 1.807) is 0 Å². The highest BCUT2D eigenvalue weighted by molar-refractivity contribution is 5.76. The van der Waals surface area contributed by atoms with Crippen LogP contribution in [0.5, 0.6) is 0 Å². The lowest BCUT2D eigenvalue weighted by Crippen LogP contribution is -2.37. The minimum Gasteiger partial charge on any atom is -0.481 e. The van der Waals surface area contributed by atoms with Crippen molar-refractivity contribution in [1.29, 1.82) is 0 Å². The molecule has 0 aromatic heterocycles. The van der Waals surface area contributed by atoms with Crippen molar-refractivity contribution in [3.8, 4) is 0 Å². The molecule has 1 aliphatic heterocycles. The van der Waals surface area contributed by atoms with E-state index in [-0.39, 0.29) is 5.41 Å². The molecule has 2 aliphatic carbocycles. The number of hydrogen-bond acceptors (Lipinski definition) is 2. The van der Waals surface area contributed by atoms with E-state index >= 15 is 0 Å². The summed E-state index contributed by atoms with van der Waals surface area (Å²) in [5.41, 5.74) is -0.389. The van der Waals surface area contributed by atoms with Gasteiger partial charge in [0.15, 0.2) is 0 Å². The van der Waals surface area contributed by atoms with Crippen LogP contribution in [0.2, 0.25) is 0 Å². The Balaban J connectivity index is 1.51. The smallest absolute Gasteiger partial charge is 0.311 e. The molecule has 0 radical (unpaired) electrons. The summed E-state index contributed by atoms with van der Waals surface area (Å²) < 4.78 is 0. The molecule has 120 valence electrons. The summed E-state index contributed by atoms with van der Waals surface area (Å²) in [6.45, 7) is 5.31. The molecule has 0 unspecified atom stereocenters. The molecular weight excluding hydrogens is 262 g/mol. The Hall–Kier alpha value is -0.570. The molecular formula is C18H31NO2. The Morgan fingerprint density at radius 1 is 1.19 bits per heavy atom. The Morgan fingerprint density at radius 2 is 1.90 bits per heavy atom.